The molecule has 5 nitrogen and oxygen atoms in total. The van der Waals surface area contributed by atoms with Gasteiger partial charge in [-0.05, 0) is 33.6 Å². The fraction of sp³-hybridized carbons (Fsp3) is 0.800. The van der Waals surface area contributed by atoms with E-state index in [1.54, 1.807) is 0 Å². The summed E-state index contributed by atoms with van der Waals surface area (Å²) < 4.78 is 7.34. The Bertz CT molecular complexity index is 470. The standard InChI is InChI=1S/C15H26ClN3O2/c1-11(8-19-13(3)14(16)12(2)18-19)17-9-15(10-20)4-6-21-7-5-15/h11,17,20H,4-10H2,1-3H3/t11-/m1/s1. The van der Waals surface area contributed by atoms with Crippen molar-refractivity contribution in [2.45, 2.75) is 46.2 Å². The molecule has 0 bridgehead atoms. The van der Waals surface area contributed by atoms with Gasteiger partial charge in [0.2, 0.25) is 0 Å². The predicted molar refractivity (Wildman–Crippen MR) is 83.7 cm³/mol. The van der Waals surface area contributed by atoms with Crippen molar-refractivity contribution >= 4 is 11.6 Å². The summed E-state index contributed by atoms with van der Waals surface area (Å²) in [5.41, 5.74) is 1.84. The summed E-state index contributed by atoms with van der Waals surface area (Å²) in [7, 11) is 0. The van der Waals surface area contributed by atoms with Crippen LogP contribution in [0, 0.1) is 19.3 Å². The Labute approximate surface area is 131 Å². The molecule has 0 aromatic carbocycles. The molecule has 1 aromatic rings. The lowest BCUT2D eigenvalue weighted by atomic mass is 9.81. The molecule has 0 radical (unpaired) electrons. The molecule has 2 heterocycles. The van der Waals surface area contributed by atoms with E-state index in [0.29, 0.717) is 0 Å². The van der Waals surface area contributed by atoms with Crippen LogP contribution in [0.5, 0.6) is 0 Å². The fourth-order valence-corrected chi connectivity index (χ4v) is 2.90. The molecule has 2 N–H and O–H groups in total. The number of halogens is 1. The molecular weight excluding hydrogens is 290 g/mol. The van der Waals surface area contributed by atoms with Gasteiger partial charge in [0.25, 0.3) is 0 Å². The van der Waals surface area contributed by atoms with Gasteiger partial charge in [0.15, 0.2) is 0 Å². The first-order valence-electron chi connectivity index (χ1n) is 7.59. The van der Waals surface area contributed by atoms with Crippen LogP contribution in [0.1, 0.15) is 31.2 Å². The summed E-state index contributed by atoms with van der Waals surface area (Å²) in [5.74, 6) is 0. The van der Waals surface area contributed by atoms with E-state index in [-0.39, 0.29) is 18.1 Å². The fourth-order valence-electron chi connectivity index (χ4n) is 2.76. The molecule has 1 aromatic heterocycles. The molecule has 0 unspecified atom stereocenters. The molecule has 0 aliphatic carbocycles. The predicted octanol–water partition coefficient (Wildman–Crippen LogP) is 1.92. The Morgan fingerprint density at radius 2 is 2.10 bits per heavy atom. The van der Waals surface area contributed by atoms with E-state index < -0.39 is 0 Å². The van der Waals surface area contributed by atoms with Crippen LogP contribution in [0.2, 0.25) is 5.02 Å². The summed E-state index contributed by atoms with van der Waals surface area (Å²) in [6.07, 6.45) is 1.82. The van der Waals surface area contributed by atoms with Gasteiger partial charge in [-0.2, -0.15) is 5.10 Å². The summed E-state index contributed by atoms with van der Waals surface area (Å²) in [6.45, 7) is 9.32. The van der Waals surface area contributed by atoms with Crippen molar-refractivity contribution in [3.63, 3.8) is 0 Å². The second-order valence-electron chi connectivity index (χ2n) is 6.22. The van der Waals surface area contributed by atoms with Crippen LogP contribution in [0.4, 0.5) is 0 Å². The average Bonchev–Trinajstić information content (AvgIpc) is 2.73. The van der Waals surface area contributed by atoms with E-state index in [1.807, 2.05) is 18.5 Å². The molecule has 0 amide bonds. The Kier molecular flexibility index (Phi) is 5.66. The van der Waals surface area contributed by atoms with Crippen LogP contribution in [-0.4, -0.2) is 47.3 Å². The minimum Gasteiger partial charge on any atom is -0.396 e. The third kappa shape index (κ3) is 3.97. The number of aryl methyl sites for hydroxylation is 1. The highest BCUT2D eigenvalue weighted by Gasteiger charge is 2.32. The Morgan fingerprint density at radius 3 is 2.62 bits per heavy atom. The number of ether oxygens (including phenoxy) is 1. The van der Waals surface area contributed by atoms with Crippen molar-refractivity contribution in [1.82, 2.24) is 15.1 Å². The zero-order valence-electron chi connectivity index (χ0n) is 13.2. The minimum absolute atomic E-state index is 0.0424. The number of hydrogen-bond acceptors (Lipinski definition) is 4. The van der Waals surface area contributed by atoms with Crippen molar-refractivity contribution in [1.29, 1.82) is 0 Å². The lowest BCUT2D eigenvalue weighted by Gasteiger charge is -2.36. The van der Waals surface area contributed by atoms with Gasteiger partial charge in [0.1, 0.15) is 0 Å². The van der Waals surface area contributed by atoms with E-state index in [9.17, 15) is 5.11 Å². The van der Waals surface area contributed by atoms with E-state index in [0.717, 1.165) is 55.6 Å². The summed E-state index contributed by atoms with van der Waals surface area (Å²) >= 11 is 6.17. The van der Waals surface area contributed by atoms with Crippen molar-refractivity contribution in [3.8, 4) is 0 Å². The molecule has 1 aliphatic heterocycles. The van der Waals surface area contributed by atoms with Gasteiger partial charge >= 0.3 is 0 Å². The number of aromatic nitrogens is 2. The first-order chi connectivity index (χ1) is 9.97. The third-order valence-electron chi connectivity index (χ3n) is 4.45. The number of aliphatic hydroxyl groups is 1. The quantitative estimate of drug-likeness (QED) is 0.842. The number of rotatable bonds is 6. The second kappa shape index (κ2) is 7.09. The summed E-state index contributed by atoms with van der Waals surface area (Å²) in [6, 6.07) is 0.269. The van der Waals surface area contributed by atoms with Crippen LogP contribution in [0.15, 0.2) is 0 Å². The largest absolute Gasteiger partial charge is 0.396 e. The van der Waals surface area contributed by atoms with Crippen molar-refractivity contribution in [2.24, 2.45) is 5.41 Å². The van der Waals surface area contributed by atoms with Gasteiger partial charge in [0.05, 0.1) is 29.6 Å². The Balaban J connectivity index is 1.89. The molecule has 1 aliphatic rings. The SMILES string of the molecule is Cc1nn(C[C@@H](C)NCC2(CO)CCOCC2)c(C)c1Cl. The second-order valence-corrected chi connectivity index (χ2v) is 6.60. The Hall–Kier alpha value is -0.620. The maximum atomic E-state index is 9.70. The minimum atomic E-state index is -0.0424. The van der Waals surface area contributed by atoms with Crippen LogP contribution in [0.25, 0.3) is 0 Å². The molecule has 120 valence electrons. The number of nitrogens with one attached hydrogen (secondary N) is 1. The zero-order chi connectivity index (χ0) is 15.5. The molecule has 0 spiro atoms. The van der Waals surface area contributed by atoms with Gasteiger partial charge in [-0.3, -0.25) is 4.68 Å². The van der Waals surface area contributed by atoms with Crippen molar-refractivity contribution in [3.05, 3.63) is 16.4 Å². The van der Waals surface area contributed by atoms with Crippen LogP contribution < -0.4 is 5.32 Å². The van der Waals surface area contributed by atoms with E-state index in [4.69, 9.17) is 16.3 Å². The third-order valence-corrected chi connectivity index (χ3v) is 5.00. The van der Waals surface area contributed by atoms with Crippen molar-refractivity contribution < 1.29 is 9.84 Å². The lowest BCUT2D eigenvalue weighted by Crippen LogP contribution is -2.45. The van der Waals surface area contributed by atoms with E-state index in [1.165, 1.54) is 0 Å². The molecule has 1 fully saturated rings. The van der Waals surface area contributed by atoms with Crippen LogP contribution >= 0.6 is 11.6 Å². The van der Waals surface area contributed by atoms with Gasteiger partial charge in [-0.25, -0.2) is 0 Å². The molecule has 6 heteroatoms. The van der Waals surface area contributed by atoms with E-state index >= 15 is 0 Å². The van der Waals surface area contributed by atoms with Gasteiger partial charge in [-0.15, -0.1) is 0 Å². The highest BCUT2D eigenvalue weighted by Crippen LogP contribution is 2.29. The topological polar surface area (TPSA) is 59.3 Å². The average molecular weight is 316 g/mol. The van der Waals surface area contributed by atoms with E-state index in [2.05, 4.69) is 17.3 Å². The van der Waals surface area contributed by atoms with Crippen LogP contribution in [0.3, 0.4) is 0 Å². The normalized spacial score (nSPS) is 19.7. The molecule has 21 heavy (non-hydrogen) atoms. The van der Waals surface area contributed by atoms with Gasteiger partial charge in [-0.1, -0.05) is 11.6 Å². The molecule has 1 saturated heterocycles. The maximum Gasteiger partial charge on any atom is 0.0844 e. The lowest BCUT2D eigenvalue weighted by molar-refractivity contribution is -0.0165. The first-order valence-corrected chi connectivity index (χ1v) is 7.97. The summed E-state index contributed by atoms with van der Waals surface area (Å²) in [5, 5.41) is 18.4. The zero-order valence-corrected chi connectivity index (χ0v) is 13.9. The summed E-state index contributed by atoms with van der Waals surface area (Å²) in [4.78, 5) is 0. The first kappa shape index (κ1) is 16.7. The number of nitrogens with zero attached hydrogens (tertiary/aromatic N) is 2. The van der Waals surface area contributed by atoms with Crippen LogP contribution in [-0.2, 0) is 11.3 Å². The van der Waals surface area contributed by atoms with Gasteiger partial charge in [0, 0.05) is 31.2 Å². The maximum absolute atomic E-state index is 9.70. The molecule has 1 atom stereocenters. The Morgan fingerprint density at radius 1 is 1.43 bits per heavy atom. The molecular formula is C15H26ClN3O2. The smallest absolute Gasteiger partial charge is 0.0844 e. The monoisotopic (exact) mass is 315 g/mol. The van der Waals surface area contributed by atoms with Crippen molar-refractivity contribution in [2.75, 3.05) is 26.4 Å². The van der Waals surface area contributed by atoms with Gasteiger partial charge < -0.3 is 15.2 Å². The molecule has 0 saturated carbocycles. The molecule has 2 rings (SSSR count). The number of hydrogen-bond donors (Lipinski definition) is 2. The highest BCUT2D eigenvalue weighted by atomic mass is 35.5. The number of aliphatic hydroxyl groups excluding tert-OH is 1. The highest BCUT2D eigenvalue weighted by molar-refractivity contribution is 6.31.